The number of hydrogen-bond donors (Lipinski definition) is 2. The summed E-state index contributed by atoms with van der Waals surface area (Å²) in [6, 6.07) is 21.4. The van der Waals surface area contributed by atoms with Crippen molar-refractivity contribution in [2.45, 2.75) is 13.5 Å². The number of nitrogens with one attached hydrogen (secondary N) is 2. The number of aromatic nitrogens is 1. The van der Waals surface area contributed by atoms with Crippen LogP contribution in [0.1, 0.15) is 32.0 Å². The topological polar surface area (TPSA) is 80.3 Å². The number of ether oxygens (including phenoxy) is 1. The average Bonchev–Trinajstić information content (AvgIpc) is 3.33. The predicted molar refractivity (Wildman–Crippen MR) is 126 cm³/mol. The fourth-order valence-corrected chi connectivity index (χ4v) is 3.67. The van der Waals surface area contributed by atoms with Gasteiger partial charge in [0.15, 0.2) is 0 Å². The molecular formula is C25H21N3O3S. The van der Waals surface area contributed by atoms with Crippen LogP contribution in [-0.2, 0) is 6.61 Å². The third-order valence-corrected chi connectivity index (χ3v) is 5.46. The van der Waals surface area contributed by atoms with Gasteiger partial charge < -0.3 is 15.4 Å². The minimum Gasteiger partial charge on any atom is -0.487 e. The molecule has 0 atom stereocenters. The average molecular weight is 444 g/mol. The van der Waals surface area contributed by atoms with Crippen LogP contribution < -0.4 is 15.4 Å². The summed E-state index contributed by atoms with van der Waals surface area (Å²) in [5, 5.41) is 7.69. The first kappa shape index (κ1) is 21.3. The van der Waals surface area contributed by atoms with E-state index in [0.717, 1.165) is 5.69 Å². The maximum atomic E-state index is 12.8. The fourth-order valence-electron chi connectivity index (χ4n) is 3.12. The monoisotopic (exact) mass is 443 g/mol. The molecule has 1 heterocycles. The molecule has 7 heteroatoms. The molecule has 2 amide bonds. The van der Waals surface area contributed by atoms with Crippen LogP contribution in [0.15, 0.2) is 83.7 Å². The van der Waals surface area contributed by atoms with Crippen molar-refractivity contribution >= 4 is 34.5 Å². The van der Waals surface area contributed by atoms with Crippen LogP contribution in [0.4, 0.5) is 11.4 Å². The molecule has 32 heavy (non-hydrogen) atoms. The molecule has 0 saturated carbocycles. The quantitative estimate of drug-likeness (QED) is 0.393. The molecule has 6 nitrogen and oxygen atoms in total. The van der Waals surface area contributed by atoms with Gasteiger partial charge in [-0.1, -0.05) is 30.3 Å². The van der Waals surface area contributed by atoms with Gasteiger partial charge in [0.05, 0.1) is 11.2 Å². The Labute approximate surface area is 189 Å². The minimum atomic E-state index is -0.284. The van der Waals surface area contributed by atoms with Gasteiger partial charge in [-0.05, 0) is 55.0 Å². The first-order valence-electron chi connectivity index (χ1n) is 9.97. The molecule has 0 spiro atoms. The maximum absolute atomic E-state index is 12.8. The molecule has 3 aromatic carbocycles. The van der Waals surface area contributed by atoms with Crippen molar-refractivity contribution in [2.24, 2.45) is 0 Å². The number of amides is 2. The number of rotatable bonds is 7. The van der Waals surface area contributed by atoms with Gasteiger partial charge in [-0.2, -0.15) is 0 Å². The van der Waals surface area contributed by atoms with Crippen molar-refractivity contribution in [2.75, 3.05) is 10.6 Å². The summed E-state index contributed by atoms with van der Waals surface area (Å²) in [5.41, 5.74) is 5.51. The second-order valence-corrected chi connectivity index (χ2v) is 7.77. The van der Waals surface area contributed by atoms with Gasteiger partial charge in [0, 0.05) is 27.9 Å². The van der Waals surface area contributed by atoms with Gasteiger partial charge in [-0.15, -0.1) is 11.3 Å². The third-order valence-electron chi connectivity index (χ3n) is 4.82. The van der Waals surface area contributed by atoms with E-state index in [2.05, 4.69) is 15.6 Å². The Morgan fingerprint density at radius 1 is 0.938 bits per heavy atom. The Morgan fingerprint density at radius 3 is 2.53 bits per heavy atom. The molecule has 4 rings (SSSR count). The predicted octanol–water partition coefficient (Wildman–Crippen LogP) is 5.54. The molecule has 160 valence electrons. The number of carbonyl (C=O) groups excluding carboxylic acids is 2. The smallest absolute Gasteiger partial charge is 0.256 e. The van der Waals surface area contributed by atoms with E-state index in [-0.39, 0.29) is 11.8 Å². The van der Waals surface area contributed by atoms with E-state index >= 15 is 0 Å². The summed E-state index contributed by atoms with van der Waals surface area (Å²) in [6.45, 7) is 2.15. The third kappa shape index (κ3) is 5.19. The lowest BCUT2D eigenvalue weighted by molar-refractivity contribution is 0.101. The van der Waals surface area contributed by atoms with Crippen molar-refractivity contribution in [1.82, 2.24) is 4.98 Å². The summed E-state index contributed by atoms with van der Waals surface area (Å²) >= 11 is 1.51. The zero-order valence-corrected chi connectivity index (χ0v) is 18.2. The number of benzene rings is 3. The molecule has 0 unspecified atom stereocenters. The second kappa shape index (κ2) is 9.89. The Morgan fingerprint density at radius 2 is 1.75 bits per heavy atom. The zero-order chi connectivity index (χ0) is 22.3. The normalized spacial score (nSPS) is 10.4. The highest BCUT2D eigenvalue weighted by molar-refractivity contribution is 7.07. The highest BCUT2D eigenvalue weighted by Crippen LogP contribution is 2.22. The molecule has 0 aliphatic carbocycles. The van der Waals surface area contributed by atoms with Crippen molar-refractivity contribution in [3.63, 3.8) is 0 Å². The number of anilines is 2. The van der Waals surface area contributed by atoms with Crippen molar-refractivity contribution < 1.29 is 14.3 Å². The van der Waals surface area contributed by atoms with Gasteiger partial charge in [-0.3, -0.25) is 9.59 Å². The summed E-state index contributed by atoms with van der Waals surface area (Å²) < 4.78 is 5.73. The molecule has 4 aromatic rings. The Kier molecular flexibility index (Phi) is 6.57. The lowest BCUT2D eigenvalue weighted by Gasteiger charge is -2.13. The van der Waals surface area contributed by atoms with Crippen molar-refractivity contribution in [3.05, 3.63) is 106 Å². The molecular weight excluding hydrogens is 422 g/mol. The lowest BCUT2D eigenvalue weighted by Crippen LogP contribution is -2.17. The fraction of sp³-hybridized carbons (Fsp3) is 0.0800. The van der Waals surface area contributed by atoms with Gasteiger partial charge in [-0.25, -0.2) is 4.98 Å². The SMILES string of the molecule is Cc1c(NC(=O)c2cccc(OCc3cscn3)c2)cccc1C(=O)Nc1ccccc1. The van der Waals surface area contributed by atoms with E-state index in [4.69, 9.17) is 4.74 Å². The molecule has 0 fully saturated rings. The van der Waals surface area contributed by atoms with Crippen molar-refractivity contribution in [1.29, 1.82) is 0 Å². The van der Waals surface area contributed by atoms with Gasteiger partial charge in [0.25, 0.3) is 11.8 Å². The molecule has 2 N–H and O–H groups in total. The largest absolute Gasteiger partial charge is 0.487 e. The minimum absolute atomic E-state index is 0.234. The summed E-state index contributed by atoms with van der Waals surface area (Å²) in [5.74, 6) is 0.0634. The van der Waals surface area contributed by atoms with E-state index in [1.54, 1.807) is 48.0 Å². The van der Waals surface area contributed by atoms with Crippen LogP contribution in [0.2, 0.25) is 0 Å². The number of thiazole rings is 1. The first-order valence-corrected chi connectivity index (χ1v) is 10.9. The highest BCUT2D eigenvalue weighted by atomic mass is 32.1. The number of nitrogens with zero attached hydrogens (tertiary/aromatic N) is 1. The number of hydrogen-bond acceptors (Lipinski definition) is 5. The standard InChI is InChI=1S/C25H21N3O3S/c1-17-22(25(30)27-19-8-3-2-4-9-19)11-6-12-23(17)28-24(29)18-7-5-10-21(13-18)31-14-20-15-32-16-26-20/h2-13,15-16H,14H2,1H3,(H,27,30)(H,28,29). The lowest BCUT2D eigenvalue weighted by atomic mass is 10.1. The zero-order valence-electron chi connectivity index (χ0n) is 17.4. The van der Waals surface area contributed by atoms with Crippen LogP contribution in [0.3, 0.4) is 0 Å². The van der Waals surface area contributed by atoms with E-state index in [1.807, 2.05) is 42.6 Å². The summed E-state index contributed by atoms with van der Waals surface area (Å²) in [7, 11) is 0. The molecule has 1 aromatic heterocycles. The number of para-hydroxylation sites is 1. The van der Waals surface area contributed by atoms with E-state index in [1.165, 1.54) is 11.3 Å². The van der Waals surface area contributed by atoms with Gasteiger partial charge >= 0.3 is 0 Å². The van der Waals surface area contributed by atoms with Crippen LogP contribution >= 0.6 is 11.3 Å². The Bertz CT molecular complexity index is 1220. The van der Waals surface area contributed by atoms with E-state index in [9.17, 15) is 9.59 Å². The Hall–Kier alpha value is -3.97. The molecule has 0 aliphatic heterocycles. The van der Waals surface area contributed by atoms with Crippen LogP contribution in [0.5, 0.6) is 5.75 Å². The van der Waals surface area contributed by atoms with E-state index in [0.29, 0.717) is 40.4 Å². The first-order chi connectivity index (χ1) is 15.6. The van der Waals surface area contributed by atoms with Crippen LogP contribution in [0, 0.1) is 6.92 Å². The summed E-state index contributed by atoms with van der Waals surface area (Å²) in [4.78, 5) is 29.7. The summed E-state index contributed by atoms with van der Waals surface area (Å²) in [6.07, 6.45) is 0. The molecule has 0 aliphatic rings. The van der Waals surface area contributed by atoms with Crippen molar-refractivity contribution in [3.8, 4) is 5.75 Å². The molecule has 0 radical (unpaired) electrons. The maximum Gasteiger partial charge on any atom is 0.256 e. The number of carbonyl (C=O) groups is 2. The second-order valence-electron chi connectivity index (χ2n) is 7.05. The molecule has 0 bridgehead atoms. The van der Waals surface area contributed by atoms with Gasteiger partial charge in [0.1, 0.15) is 12.4 Å². The van der Waals surface area contributed by atoms with Crippen LogP contribution in [0.25, 0.3) is 0 Å². The molecule has 0 saturated heterocycles. The van der Waals surface area contributed by atoms with Gasteiger partial charge in [0.2, 0.25) is 0 Å². The highest BCUT2D eigenvalue weighted by Gasteiger charge is 2.15. The van der Waals surface area contributed by atoms with Crippen LogP contribution in [-0.4, -0.2) is 16.8 Å². The van der Waals surface area contributed by atoms with E-state index < -0.39 is 0 Å². The Balaban J connectivity index is 1.46.